The minimum Gasteiger partial charge on any atom is -0.385 e. The van der Waals surface area contributed by atoms with Crippen LogP contribution in [0.3, 0.4) is 0 Å². The Morgan fingerprint density at radius 2 is 1.96 bits per heavy atom. The molecule has 144 valence electrons. The third-order valence-electron chi connectivity index (χ3n) is 4.41. The third-order valence-corrected chi connectivity index (χ3v) is 5.43. The van der Waals surface area contributed by atoms with Crippen molar-refractivity contribution in [3.63, 3.8) is 0 Å². The van der Waals surface area contributed by atoms with Crippen LogP contribution in [-0.4, -0.2) is 20.1 Å². The molecular formula is C23H25N3OS. The van der Waals surface area contributed by atoms with Crippen molar-refractivity contribution < 1.29 is 5.11 Å². The molecule has 3 aromatic rings. The first-order valence-corrected chi connectivity index (χ1v) is 10.2. The number of nitrogens with zero attached hydrogens (tertiary/aromatic N) is 3. The predicted octanol–water partition coefficient (Wildman–Crippen LogP) is 6.04. The monoisotopic (exact) mass is 391 g/mol. The van der Waals surface area contributed by atoms with Crippen LogP contribution >= 0.6 is 11.3 Å². The maximum absolute atomic E-state index is 10.1. The number of hydrogen-bond acceptors (Lipinski definition) is 5. The topological polar surface area (TPSA) is 58.9 Å². The fraction of sp³-hybridized carbons (Fsp3) is 0.261. The van der Waals surface area contributed by atoms with Crippen molar-refractivity contribution in [2.24, 2.45) is 0 Å². The van der Waals surface area contributed by atoms with Gasteiger partial charge in [0.05, 0.1) is 15.2 Å². The number of thiazole rings is 1. The zero-order chi connectivity index (χ0) is 20.1. The van der Waals surface area contributed by atoms with Crippen LogP contribution < -0.4 is 0 Å². The number of aliphatic hydroxyl groups is 1. The lowest BCUT2D eigenvalue weighted by Gasteiger charge is -2.10. The molecule has 0 bridgehead atoms. The first-order chi connectivity index (χ1) is 13.5. The molecule has 0 aliphatic carbocycles. The van der Waals surface area contributed by atoms with Crippen LogP contribution in [0.1, 0.15) is 49.2 Å². The van der Waals surface area contributed by atoms with Crippen LogP contribution in [0.5, 0.6) is 0 Å². The van der Waals surface area contributed by atoms with Crippen molar-refractivity contribution >= 4 is 27.1 Å². The lowest BCUT2D eigenvalue weighted by Crippen LogP contribution is -2.03. The van der Waals surface area contributed by atoms with E-state index in [0.717, 1.165) is 43.9 Å². The molecule has 2 heterocycles. The summed E-state index contributed by atoms with van der Waals surface area (Å²) in [4.78, 5) is 13.4. The Bertz CT molecular complexity index is 1030. The van der Waals surface area contributed by atoms with Gasteiger partial charge in [0.25, 0.3) is 0 Å². The molecular weight excluding hydrogens is 366 g/mol. The molecule has 28 heavy (non-hydrogen) atoms. The second kappa shape index (κ2) is 9.04. The summed E-state index contributed by atoms with van der Waals surface area (Å²) in [6, 6.07) is 4.18. The molecule has 1 atom stereocenters. The minimum absolute atomic E-state index is 0.468. The van der Waals surface area contributed by atoms with Gasteiger partial charge in [-0.15, -0.1) is 11.3 Å². The van der Waals surface area contributed by atoms with E-state index in [0.29, 0.717) is 12.2 Å². The summed E-state index contributed by atoms with van der Waals surface area (Å²) < 4.78 is 1.13. The van der Waals surface area contributed by atoms with Crippen LogP contribution in [-0.2, 0) is 0 Å². The summed E-state index contributed by atoms with van der Waals surface area (Å²) in [7, 11) is 0. The fourth-order valence-corrected chi connectivity index (χ4v) is 3.93. The van der Waals surface area contributed by atoms with Gasteiger partial charge in [0.2, 0.25) is 0 Å². The van der Waals surface area contributed by atoms with E-state index in [1.54, 1.807) is 23.7 Å². The zero-order valence-electron chi connectivity index (χ0n) is 16.5. The zero-order valence-corrected chi connectivity index (χ0v) is 17.3. The molecule has 5 heteroatoms. The maximum atomic E-state index is 10.1. The minimum atomic E-state index is -0.616. The van der Waals surface area contributed by atoms with E-state index in [2.05, 4.69) is 33.7 Å². The number of aryl methyl sites for hydroxylation is 1. The number of aromatic nitrogens is 3. The van der Waals surface area contributed by atoms with E-state index in [9.17, 15) is 5.11 Å². The Labute approximate surface area is 170 Å². The van der Waals surface area contributed by atoms with E-state index < -0.39 is 6.10 Å². The molecule has 0 saturated carbocycles. The van der Waals surface area contributed by atoms with Gasteiger partial charge in [0, 0.05) is 23.5 Å². The second-order valence-electron chi connectivity index (χ2n) is 6.65. The standard InChI is InChI=1S/C23H25N3OS/c1-5-7-8-10-15(3)19-11-17(12-20-22(19)28-16(4)26-20)18-13-24-23(25-14-18)21(27)9-6-2/h5,7-8,10-14,21,27H,3,6,9H2,1-2,4H3/b7-5-,10-8-. The van der Waals surface area contributed by atoms with Crippen LogP contribution in [0.2, 0.25) is 0 Å². The maximum Gasteiger partial charge on any atom is 0.156 e. The van der Waals surface area contributed by atoms with Gasteiger partial charge in [-0.05, 0) is 43.5 Å². The van der Waals surface area contributed by atoms with Crippen molar-refractivity contribution in [2.45, 2.75) is 39.7 Å². The Morgan fingerprint density at radius 3 is 2.64 bits per heavy atom. The number of allylic oxidation sites excluding steroid dienone is 5. The van der Waals surface area contributed by atoms with Crippen LogP contribution in [0.25, 0.3) is 26.9 Å². The van der Waals surface area contributed by atoms with Gasteiger partial charge in [-0.2, -0.15) is 0 Å². The molecule has 0 aliphatic heterocycles. The summed E-state index contributed by atoms with van der Waals surface area (Å²) in [6.07, 6.45) is 12.4. The van der Waals surface area contributed by atoms with Gasteiger partial charge in [-0.25, -0.2) is 15.0 Å². The van der Waals surface area contributed by atoms with Crippen molar-refractivity contribution in [3.8, 4) is 11.1 Å². The molecule has 0 aliphatic rings. The molecule has 2 aromatic heterocycles. The van der Waals surface area contributed by atoms with E-state index in [1.165, 1.54) is 0 Å². The Morgan fingerprint density at radius 1 is 1.21 bits per heavy atom. The molecule has 0 spiro atoms. The van der Waals surface area contributed by atoms with Gasteiger partial charge in [0.15, 0.2) is 5.82 Å². The number of fused-ring (bicyclic) bond motifs is 1. The lowest BCUT2D eigenvalue weighted by molar-refractivity contribution is 0.156. The SMILES string of the molecule is C=C(/C=C\C=C/C)c1cc(-c2cnc(C(O)CCC)nc2)cc2nc(C)sc12. The summed E-state index contributed by atoms with van der Waals surface area (Å²) in [5, 5.41) is 11.1. The summed E-state index contributed by atoms with van der Waals surface area (Å²) in [6.45, 7) is 10.3. The van der Waals surface area contributed by atoms with Gasteiger partial charge in [-0.1, -0.05) is 44.2 Å². The highest BCUT2D eigenvalue weighted by atomic mass is 32.1. The second-order valence-corrected chi connectivity index (χ2v) is 7.85. The highest BCUT2D eigenvalue weighted by Gasteiger charge is 2.13. The van der Waals surface area contributed by atoms with Crippen LogP contribution in [0.15, 0.2) is 55.4 Å². The average Bonchev–Trinajstić information content (AvgIpc) is 3.07. The van der Waals surface area contributed by atoms with Gasteiger partial charge in [-0.3, -0.25) is 0 Å². The largest absolute Gasteiger partial charge is 0.385 e. The molecule has 1 unspecified atom stereocenters. The van der Waals surface area contributed by atoms with Crippen LogP contribution in [0.4, 0.5) is 0 Å². The lowest BCUT2D eigenvalue weighted by atomic mass is 10.00. The first kappa shape index (κ1) is 20.1. The number of benzene rings is 1. The summed E-state index contributed by atoms with van der Waals surface area (Å²) >= 11 is 1.67. The first-order valence-electron chi connectivity index (χ1n) is 9.43. The summed E-state index contributed by atoms with van der Waals surface area (Å²) in [5.41, 5.74) is 4.83. The van der Waals surface area contributed by atoms with Crippen molar-refractivity contribution in [3.05, 3.63) is 71.8 Å². The average molecular weight is 392 g/mol. The number of hydrogen-bond donors (Lipinski definition) is 1. The fourth-order valence-electron chi connectivity index (χ4n) is 2.98. The Balaban J connectivity index is 2.03. The van der Waals surface area contributed by atoms with Gasteiger partial charge in [0.1, 0.15) is 6.10 Å². The van der Waals surface area contributed by atoms with Crippen molar-refractivity contribution in [1.29, 1.82) is 0 Å². The molecule has 0 fully saturated rings. The molecule has 1 N–H and O–H groups in total. The normalized spacial score (nSPS) is 13.0. The molecule has 0 saturated heterocycles. The highest BCUT2D eigenvalue weighted by Crippen LogP contribution is 2.34. The van der Waals surface area contributed by atoms with Crippen LogP contribution in [0, 0.1) is 6.92 Å². The van der Waals surface area contributed by atoms with E-state index in [1.807, 2.05) is 45.1 Å². The molecule has 4 nitrogen and oxygen atoms in total. The molecule has 0 radical (unpaired) electrons. The number of rotatable bonds is 7. The smallest absolute Gasteiger partial charge is 0.156 e. The van der Waals surface area contributed by atoms with Crippen molar-refractivity contribution in [2.75, 3.05) is 0 Å². The Kier molecular flexibility index (Phi) is 6.49. The molecule has 1 aromatic carbocycles. The highest BCUT2D eigenvalue weighted by molar-refractivity contribution is 7.18. The van der Waals surface area contributed by atoms with E-state index in [4.69, 9.17) is 0 Å². The summed E-state index contributed by atoms with van der Waals surface area (Å²) in [5.74, 6) is 0.468. The molecule has 3 rings (SSSR count). The van der Waals surface area contributed by atoms with Gasteiger partial charge < -0.3 is 5.11 Å². The quantitative estimate of drug-likeness (QED) is 0.499. The number of aliphatic hydroxyl groups excluding tert-OH is 1. The third kappa shape index (κ3) is 4.43. The van der Waals surface area contributed by atoms with Gasteiger partial charge >= 0.3 is 0 Å². The molecule has 0 amide bonds. The van der Waals surface area contributed by atoms with E-state index in [-0.39, 0.29) is 0 Å². The van der Waals surface area contributed by atoms with Crippen molar-refractivity contribution in [1.82, 2.24) is 15.0 Å². The van der Waals surface area contributed by atoms with E-state index >= 15 is 0 Å². The Hall–Kier alpha value is -2.63. The predicted molar refractivity (Wildman–Crippen MR) is 118 cm³/mol.